The second-order valence-corrected chi connectivity index (χ2v) is 6.36. The van der Waals surface area contributed by atoms with Crippen LogP contribution >= 0.6 is 15.9 Å². The van der Waals surface area contributed by atoms with E-state index in [0.717, 1.165) is 43.0 Å². The lowest BCUT2D eigenvalue weighted by atomic mass is 10.00. The van der Waals surface area contributed by atoms with E-state index < -0.39 is 0 Å². The topological polar surface area (TPSA) is 30.5 Å². The molecule has 104 valence electrons. The number of rotatable bonds is 4. The third kappa shape index (κ3) is 2.96. The molecule has 1 aromatic carbocycles. The molecule has 2 heterocycles. The van der Waals surface area contributed by atoms with Crippen LogP contribution in [-0.4, -0.2) is 25.9 Å². The van der Waals surface area contributed by atoms with Gasteiger partial charge in [0.2, 0.25) is 0 Å². The largest absolute Gasteiger partial charge is 0.493 e. The number of nitrogens with one attached hydrogen (secondary N) is 1. The molecule has 1 N–H and O–H groups in total. The first-order valence-electron chi connectivity index (χ1n) is 6.99. The molecule has 2 aliphatic rings. The zero-order valence-electron chi connectivity index (χ0n) is 11.2. The molecule has 4 heteroatoms. The van der Waals surface area contributed by atoms with Crippen molar-refractivity contribution in [2.45, 2.75) is 32.4 Å². The molecular formula is C15H20BrNO2. The molecule has 0 saturated carbocycles. The van der Waals surface area contributed by atoms with Crippen LogP contribution in [-0.2, 0) is 17.7 Å². The minimum Gasteiger partial charge on any atom is -0.493 e. The lowest BCUT2D eigenvalue weighted by Crippen LogP contribution is -2.33. The molecular weight excluding hydrogens is 306 g/mol. The zero-order valence-corrected chi connectivity index (χ0v) is 12.8. The predicted octanol–water partition coefficient (Wildman–Crippen LogP) is 2.90. The van der Waals surface area contributed by atoms with E-state index in [2.05, 4.69) is 40.3 Å². The van der Waals surface area contributed by atoms with E-state index in [4.69, 9.17) is 9.47 Å². The predicted molar refractivity (Wildman–Crippen MR) is 78.6 cm³/mol. The number of hydrogen-bond donors (Lipinski definition) is 1. The Morgan fingerprint density at radius 1 is 1.42 bits per heavy atom. The van der Waals surface area contributed by atoms with Gasteiger partial charge in [-0.1, -0.05) is 15.9 Å². The van der Waals surface area contributed by atoms with E-state index in [1.165, 1.54) is 17.5 Å². The van der Waals surface area contributed by atoms with E-state index in [1.54, 1.807) is 0 Å². The maximum atomic E-state index is 5.76. The summed E-state index contributed by atoms with van der Waals surface area (Å²) < 4.78 is 12.4. The third-order valence-electron chi connectivity index (χ3n) is 4.11. The number of fused-ring (bicyclic) bond motifs is 1. The summed E-state index contributed by atoms with van der Waals surface area (Å²) in [6.45, 7) is 5.72. The molecule has 19 heavy (non-hydrogen) atoms. The van der Waals surface area contributed by atoms with Crippen molar-refractivity contribution in [3.63, 3.8) is 0 Å². The molecule has 3 rings (SSSR count). The number of halogens is 1. The summed E-state index contributed by atoms with van der Waals surface area (Å²) in [7, 11) is 0. The first-order chi connectivity index (χ1) is 9.24. The molecule has 1 fully saturated rings. The summed E-state index contributed by atoms with van der Waals surface area (Å²) >= 11 is 3.59. The summed E-state index contributed by atoms with van der Waals surface area (Å²) in [5, 5.41) is 3.62. The Bertz CT molecular complexity index is 458. The molecule has 0 aliphatic carbocycles. The van der Waals surface area contributed by atoms with E-state index >= 15 is 0 Å². The maximum absolute atomic E-state index is 5.76. The van der Waals surface area contributed by atoms with Crippen molar-refractivity contribution in [1.82, 2.24) is 5.32 Å². The molecule has 2 aliphatic heterocycles. The highest BCUT2D eigenvalue weighted by Gasteiger charge is 2.23. The van der Waals surface area contributed by atoms with Gasteiger partial charge in [-0.2, -0.15) is 0 Å². The molecule has 1 saturated heterocycles. The standard InChI is InChI=1S/C15H20BrNO2/c1-10(12-2-4-18-9-12)17-8-13-7-14(16)6-11-3-5-19-15(11)13/h6-7,10,12,17H,2-5,8-9H2,1H3. The van der Waals surface area contributed by atoms with Crippen LogP contribution in [0.2, 0.25) is 0 Å². The van der Waals surface area contributed by atoms with Crippen molar-refractivity contribution in [2.24, 2.45) is 5.92 Å². The van der Waals surface area contributed by atoms with Crippen molar-refractivity contribution in [3.05, 3.63) is 27.7 Å². The van der Waals surface area contributed by atoms with Crippen LogP contribution in [0, 0.1) is 5.92 Å². The van der Waals surface area contributed by atoms with E-state index in [1.807, 2.05) is 0 Å². The Kier molecular flexibility index (Phi) is 4.10. The van der Waals surface area contributed by atoms with Gasteiger partial charge in [-0.15, -0.1) is 0 Å². The Morgan fingerprint density at radius 3 is 3.11 bits per heavy atom. The van der Waals surface area contributed by atoms with Crippen LogP contribution in [0.5, 0.6) is 5.75 Å². The van der Waals surface area contributed by atoms with Gasteiger partial charge in [0, 0.05) is 35.7 Å². The molecule has 0 bridgehead atoms. The van der Waals surface area contributed by atoms with Crippen molar-refractivity contribution < 1.29 is 9.47 Å². The summed E-state index contributed by atoms with van der Waals surface area (Å²) in [6.07, 6.45) is 2.19. The van der Waals surface area contributed by atoms with Crippen LogP contribution in [0.25, 0.3) is 0 Å². The quantitative estimate of drug-likeness (QED) is 0.923. The van der Waals surface area contributed by atoms with Crippen LogP contribution in [0.1, 0.15) is 24.5 Å². The van der Waals surface area contributed by atoms with E-state index in [9.17, 15) is 0 Å². The van der Waals surface area contributed by atoms with Gasteiger partial charge < -0.3 is 14.8 Å². The van der Waals surface area contributed by atoms with Crippen LogP contribution in [0.4, 0.5) is 0 Å². The molecule has 3 nitrogen and oxygen atoms in total. The van der Waals surface area contributed by atoms with Gasteiger partial charge >= 0.3 is 0 Å². The average molecular weight is 326 g/mol. The second-order valence-electron chi connectivity index (χ2n) is 5.44. The van der Waals surface area contributed by atoms with Gasteiger partial charge in [-0.05, 0) is 37.0 Å². The second kappa shape index (κ2) is 5.81. The highest BCUT2D eigenvalue weighted by atomic mass is 79.9. The van der Waals surface area contributed by atoms with Gasteiger partial charge in [-0.25, -0.2) is 0 Å². The molecule has 2 unspecified atom stereocenters. The zero-order chi connectivity index (χ0) is 13.2. The summed E-state index contributed by atoms with van der Waals surface area (Å²) in [5.41, 5.74) is 2.58. The summed E-state index contributed by atoms with van der Waals surface area (Å²) in [5.74, 6) is 1.73. The SMILES string of the molecule is CC(NCc1cc(Br)cc2c1OCC2)C1CCOC1. The van der Waals surface area contributed by atoms with Gasteiger partial charge in [0.1, 0.15) is 5.75 Å². The normalized spacial score (nSPS) is 23.2. The number of benzene rings is 1. The van der Waals surface area contributed by atoms with Crippen molar-refractivity contribution in [1.29, 1.82) is 0 Å². The lowest BCUT2D eigenvalue weighted by molar-refractivity contribution is 0.178. The fourth-order valence-corrected chi connectivity index (χ4v) is 3.41. The molecule has 0 aromatic heterocycles. The Balaban J connectivity index is 1.66. The van der Waals surface area contributed by atoms with E-state index in [0.29, 0.717) is 12.0 Å². The van der Waals surface area contributed by atoms with Crippen LogP contribution in [0.3, 0.4) is 0 Å². The smallest absolute Gasteiger partial charge is 0.127 e. The Morgan fingerprint density at radius 2 is 2.32 bits per heavy atom. The molecule has 1 aromatic rings. The van der Waals surface area contributed by atoms with Crippen LogP contribution in [0.15, 0.2) is 16.6 Å². The Hall–Kier alpha value is -0.580. The fourth-order valence-electron chi connectivity index (χ4n) is 2.86. The maximum Gasteiger partial charge on any atom is 0.127 e. The highest BCUT2D eigenvalue weighted by Crippen LogP contribution is 2.33. The monoisotopic (exact) mass is 325 g/mol. The minimum absolute atomic E-state index is 0.485. The molecule has 0 amide bonds. The fraction of sp³-hybridized carbons (Fsp3) is 0.600. The summed E-state index contributed by atoms with van der Waals surface area (Å²) in [6, 6.07) is 4.81. The number of hydrogen-bond acceptors (Lipinski definition) is 3. The Labute approximate surface area is 122 Å². The van der Waals surface area contributed by atoms with Crippen molar-refractivity contribution in [3.8, 4) is 5.75 Å². The third-order valence-corrected chi connectivity index (χ3v) is 4.57. The van der Waals surface area contributed by atoms with Crippen LogP contribution < -0.4 is 10.1 Å². The highest BCUT2D eigenvalue weighted by molar-refractivity contribution is 9.10. The molecule has 0 spiro atoms. The van der Waals surface area contributed by atoms with Gasteiger partial charge in [-0.3, -0.25) is 0 Å². The lowest BCUT2D eigenvalue weighted by Gasteiger charge is -2.20. The summed E-state index contributed by atoms with van der Waals surface area (Å²) in [4.78, 5) is 0. The minimum atomic E-state index is 0.485. The molecule has 2 atom stereocenters. The van der Waals surface area contributed by atoms with Gasteiger partial charge in [0.15, 0.2) is 0 Å². The molecule has 0 radical (unpaired) electrons. The first-order valence-corrected chi connectivity index (χ1v) is 7.78. The van der Waals surface area contributed by atoms with Gasteiger partial charge in [0.05, 0.1) is 13.2 Å². The van der Waals surface area contributed by atoms with E-state index in [-0.39, 0.29) is 0 Å². The van der Waals surface area contributed by atoms with Gasteiger partial charge in [0.25, 0.3) is 0 Å². The first kappa shape index (κ1) is 13.4. The van der Waals surface area contributed by atoms with Crippen molar-refractivity contribution in [2.75, 3.05) is 19.8 Å². The number of ether oxygens (including phenoxy) is 2. The average Bonchev–Trinajstić information content (AvgIpc) is 3.05. The van der Waals surface area contributed by atoms with Crippen molar-refractivity contribution >= 4 is 15.9 Å².